The van der Waals surface area contributed by atoms with Gasteiger partial charge in [0.25, 0.3) is 0 Å². The standard InChI is InChI=1S/C70H48N4OS/c1-4-17-43(18-5-1)67-71-68(45-31-35-52-51-23-10-13-27-58(51)70(59(52)40-45,47-19-6-2-7-20-47)48-21-8-3-9-22-48)73-69(72-67)46-32-36-55-57-39-44(33-38-62(57)75-63(55)41-46)50-26-16-30-64-66(50)56-37-34-49(42-65(56)76-64)74-60-28-14-11-24-53(60)54-25-12-15-29-61(54)74/h1-42,67-69,71-73H. The zero-order valence-electron chi connectivity index (χ0n) is 41.2. The summed E-state index contributed by atoms with van der Waals surface area (Å²) in [5.74, 6) is 0. The highest BCUT2D eigenvalue weighted by molar-refractivity contribution is 7.26. The molecule has 11 aromatic carbocycles. The van der Waals surface area contributed by atoms with Gasteiger partial charge in [-0.15, -0.1) is 11.3 Å². The number of para-hydroxylation sites is 2. The third-order valence-corrected chi connectivity index (χ3v) is 17.5. The van der Waals surface area contributed by atoms with E-state index in [0.29, 0.717) is 0 Å². The fourth-order valence-corrected chi connectivity index (χ4v) is 14.2. The first-order valence-corrected chi connectivity index (χ1v) is 27.1. The molecule has 4 heterocycles. The number of furan rings is 1. The summed E-state index contributed by atoms with van der Waals surface area (Å²) in [5, 5.41) is 19.3. The first-order chi connectivity index (χ1) is 37.7. The fourth-order valence-electron chi connectivity index (χ4n) is 13.0. The molecular formula is C70H48N4OS. The quantitative estimate of drug-likeness (QED) is 0.149. The molecule has 1 fully saturated rings. The number of hydrogen-bond acceptors (Lipinski definition) is 5. The summed E-state index contributed by atoms with van der Waals surface area (Å²) in [4.78, 5) is 0. The van der Waals surface area contributed by atoms with E-state index < -0.39 is 5.41 Å². The van der Waals surface area contributed by atoms with Crippen molar-refractivity contribution in [2.75, 3.05) is 0 Å². The lowest BCUT2D eigenvalue weighted by molar-refractivity contribution is 0.203. The first-order valence-electron chi connectivity index (χ1n) is 26.2. The molecule has 1 saturated heterocycles. The Bertz CT molecular complexity index is 4500. The molecule has 3 N–H and O–H groups in total. The second-order valence-electron chi connectivity index (χ2n) is 20.4. The van der Waals surface area contributed by atoms with E-state index >= 15 is 0 Å². The lowest BCUT2D eigenvalue weighted by atomic mass is 9.67. The maximum absolute atomic E-state index is 6.77. The van der Waals surface area contributed by atoms with Gasteiger partial charge in [0.2, 0.25) is 0 Å². The van der Waals surface area contributed by atoms with Crippen LogP contribution in [0.3, 0.4) is 0 Å². The molecule has 0 amide bonds. The molecule has 16 rings (SSSR count). The number of benzene rings is 11. The molecule has 1 aliphatic carbocycles. The lowest BCUT2D eigenvalue weighted by Crippen LogP contribution is -2.54. The normalized spacial score (nSPS) is 17.0. The van der Waals surface area contributed by atoms with Crippen LogP contribution in [-0.4, -0.2) is 4.57 Å². The number of aromatic nitrogens is 1. The summed E-state index contributed by atoms with van der Waals surface area (Å²) in [6, 6.07) is 93.4. The van der Waals surface area contributed by atoms with Crippen LogP contribution in [0, 0.1) is 0 Å². The first kappa shape index (κ1) is 43.5. The molecule has 0 spiro atoms. The van der Waals surface area contributed by atoms with Crippen LogP contribution in [-0.2, 0) is 5.41 Å². The summed E-state index contributed by atoms with van der Waals surface area (Å²) in [6.07, 6.45) is -0.538. The van der Waals surface area contributed by atoms with Crippen LogP contribution in [0.15, 0.2) is 259 Å². The molecule has 5 nitrogen and oxygen atoms in total. The highest BCUT2D eigenvalue weighted by Gasteiger charge is 2.46. The van der Waals surface area contributed by atoms with E-state index in [-0.39, 0.29) is 18.5 Å². The molecule has 76 heavy (non-hydrogen) atoms. The van der Waals surface area contributed by atoms with E-state index in [1.165, 1.54) is 103 Å². The second-order valence-corrected chi connectivity index (χ2v) is 21.5. The van der Waals surface area contributed by atoms with Gasteiger partial charge in [-0.05, 0) is 110 Å². The Labute approximate surface area is 443 Å². The Morgan fingerprint density at radius 2 is 0.961 bits per heavy atom. The molecule has 360 valence electrons. The van der Waals surface area contributed by atoms with Gasteiger partial charge in [-0.1, -0.05) is 206 Å². The average Bonchev–Trinajstić information content (AvgIpc) is 4.32. The number of thiophene rings is 1. The summed E-state index contributed by atoms with van der Waals surface area (Å²) < 4.78 is 11.7. The van der Waals surface area contributed by atoms with Crippen molar-refractivity contribution in [3.8, 4) is 27.9 Å². The molecule has 0 bridgehead atoms. The van der Waals surface area contributed by atoms with Crippen molar-refractivity contribution in [1.82, 2.24) is 20.5 Å². The van der Waals surface area contributed by atoms with Crippen LogP contribution in [0.5, 0.6) is 0 Å². The SMILES string of the molecule is c1ccc(C2NC(c3ccc4c(c3)C(c3ccccc3)(c3ccccc3)c3ccccc3-4)NC(c3ccc4c(c3)oc3ccc(-c5cccc6sc7cc(-n8c9ccccc9c9ccccc98)ccc7c56)cc34)N2)cc1. The van der Waals surface area contributed by atoms with Crippen LogP contribution < -0.4 is 16.0 Å². The summed E-state index contributed by atoms with van der Waals surface area (Å²) in [5.41, 5.74) is 18.3. The molecule has 14 aromatic rings. The summed E-state index contributed by atoms with van der Waals surface area (Å²) in [7, 11) is 0. The van der Waals surface area contributed by atoms with E-state index in [1.807, 2.05) is 11.3 Å². The third-order valence-electron chi connectivity index (χ3n) is 16.4. The molecule has 3 atom stereocenters. The molecule has 3 unspecified atom stereocenters. The molecule has 6 heteroatoms. The predicted octanol–water partition coefficient (Wildman–Crippen LogP) is 17.3. The number of hydrogen-bond donors (Lipinski definition) is 3. The van der Waals surface area contributed by atoms with Gasteiger partial charge in [-0.25, -0.2) is 0 Å². The van der Waals surface area contributed by atoms with Crippen molar-refractivity contribution in [1.29, 1.82) is 0 Å². The van der Waals surface area contributed by atoms with E-state index in [1.54, 1.807) is 0 Å². The van der Waals surface area contributed by atoms with Gasteiger partial charge in [-0.3, -0.25) is 16.0 Å². The molecule has 1 aliphatic heterocycles. The molecule has 3 aromatic heterocycles. The van der Waals surface area contributed by atoms with Crippen LogP contribution in [0.1, 0.15) is 57.4 Å². The van der Waals surface area contributed by atoms with E-state index in [9.17, 15) is 0 Å². The maximum atomic E-state index is 6.77. The smallest absolute Gasteiger partial charge is 0.135 e. The Morgan fingerprint density at radius 1 is 0.368 bits per heavy atom. The topological polar surface area (TPSA) is 54.2 Å². The minimum atomic E-state index is -0.495. The molecule has 0 saturated carbocycles. The minimum absolute atomic E-state index is 0.138. The summed E-state index contributed by atoms with van der Waals surface area (Å²) in [6.45, 7) is 0. The molecule has 0 radical (unpaired) electrons. The van der Waals surface area contributed by atoms with Crippen molar-refractivity contribution in [2.45, 2.75) is 23.9 Å². The number of fused-ring (bicyclic) bond motifs is 12. The van der Waals surface area contributed by atoms with Crippen LogP contribution >= 0.6 is 11.3 Å². The minimum Gasteiger partial charge on any atom is -0.456 e. The van der Waals surface area contributed by atoms with Crippen molar-refractivity contribution >= 4 is 75.3 Å². The zero-order chi connectivity index (χ0) is 49.9. The van der Waals surface area contributed by atoms with Gasteiger partial charge < -0.3 is 8.98 Å². The van der Waals surface area contributed by atoms with Crippen molar-refractivity contribution in [2.24, 2.45) is 0 Å². The lowest BCUT2D eigenvalue weighted by Gasteiger charge is -2.40. The van der Waals surface area contributed by atoms with Gasteiger partial charge in [-0.2, -0.15) is 0 Å². The van der Waals surface area contributed by atoms with Gasteiger partial charge in [0.05, 0.1) is 34.9 Å². The highest BCUT2D eigenvalue weighted by atomic mass is 32.1. The molecule has 2 aliphatic rings. The van der Waals surface area contributed by atoms with Crippen LogP contribution in [0.4, 0.5) is 0 Å². The van der Waals surface area contributed by atoms with E-state index in [2.05, 4.69) is 275 Å². The van der Waals surface area contributed by atoms with Crippen molar-refractivity contribution < 1.29 is 4.42 Å². The van der Waals surface area contributed by atoms with Crippen molar-refractivity contribution in [3.05, 3.63) is 294 Å². The average molecular weight is 993 g/mol. The highest BCUT2D eigenvalue weighted by Crippen LogP contribution is 2.56. The molecular weight excluding hydrogens is 945 g/mol. The van der Waals surface area contributed by atoms with Crippen LogP contribution in [0.2, 0.25) is 0 Å². The van der Waals surface area contributed by atoms with E-state index in [4.69, 9.17) is 4.42 Å². The number of rotatable bonds is 7. The second kappa shape index (κ2) is 17.1. The maximum Gasteiger partial charge on any atom is 0.135 e. The zero-order valence-corrected chi connectivity index (χ0v) is 42.1. The van der Waals surface area contributed by atoms with Gasteiger partial charge in [0, 0.05) is 47.4 Å². The van der Waals surface area contributed by atoms with Gasteiger partial charge >= 0.3 is 0 Å². The van der Waals surface area contributed by atoms with Crippen molar-refractivity contribution in [3.63, 3.8) is 0 Å². The Morgan fingerprint density at radius 3 is 1.70 bits per heavy atom. The Hall–Kier alpha value is -8.88. The fraction of sp³-hybridized carbons (Fsp3) is 0.0571. The number of nitrogens with one attached hydrogen (secondary N) is 3. The van der Waals surface area contributed by atoms with E-state index in [0.717, 1.165) is 27.5 Å². The van der Waals surface area contributed by atoms with Gasteiger partial charge in [0.1, 0.15) is 11.2 Å². The van der Waals surface area contributed by atoms with Gasteiger partial charge in [0.15, 0.2) is 0 Å². The predicted molar refractivity (Wildman–Crippen MR) is 314 cm³/mol. The van der Waals surface area contributed by atoms with Crippen LogP contribution in [0.25, 0.3) is 91.9 Å². The monoisotopic (exact) mass is 992 g/mol. The third kappa shape index (κ3) is 6.55. The summed E-state index contributed by atoms with van der Waals surface area (Å²) >= 11 is 1.87. The number of nitrogens with zero attached hydrogens (tertiary/aromatic N) is 1. The Balaban J connectivity index is 0.768. The largest absolute Gasteiger partial charge is 0.456 e. The Kier molecular flexibility index (Phi) is 9.78.